The van der Waals surface area contributed by atoms with E-state index in [0.29, 0.717) is 5.69 Å². The molecule has 0 radical (unpaired) electrons. The first-order chi connectivity index (χ1) is 15.2. The van der Waals surface area contributed by atoms with Crippen LogP contribution in [-0.4, -0.2) is 27.5 Å². The van der Waals surface area contributed by atoms with Crippen LogP contribution in [0.3, 0.4) is 0 Å². The van der Waals surface area contributed by atoms with Crippen LogP contribution in [0.15, 0.2) is 49.1 Å². The number of aliphatic hydroxyl groups is 1. The molecule has 0 aliphatic heterocycles. The summed E-state index contributed by atoms with van der Waals surface area (Å²) in [6.45, 7) is 7.22. The number of hydrogen-bond acceptors (Lipinski definition) is 3. The van der Waals surface area contributed by atoms with Gasteiger partial charge in [0.1, 0.15) is 0 Å². The van der Waals surface area contributed by atoms with Gasteiger partial charge >= 0.3 is 0 Å². The van der Waals surface area contributed by atoms with Crippen molar-refractivity contribution in [2.75, 3.05) is 5.32 Å². The number of aromatic nitrogens is 1. The van der Waals surface area contributed by atoms with Gasteiger partial charge in [0.15, 0.2) is 0 Å². The minimum atomic E-state index is -0.758. The lowest BCUT2D eigenvalue weighted by molar-refractivity contribution is -0.117. The Kier molecular flexibility index (Phi) is 5.65. The SMILES string of the molecule is C=CC(=O)Nc1cccc(-c2ccc(CC(N)=O)c3[nH]c4c(c23)CCC(C(C)(C)O)C4)c1. The average molecular weight is 432 g/mol. The van der Waals surface area contributed by atoms with E-state index in [1.807, 2.05) is 50.2 Å². The Hall–Kier alpha value is -3.38. The van der Waals surface area contributed by atoms with E-state index in [0.717, 1.165) is 52.5 Å². The highest BCUT2D eigenvalue weighted by Crippen LogP contribution is 2.41. The number of nitrogens with two attached hydrogens (primary N) is 1. The van der Waals surface area contributed by atoms with Gasteiger partial charge in [0.25, 0.3) is 0 Å². The van der Waals surface area contributed by atoms with Crippen molar-refractivity contribution in [3.05, 3.63) is 65.9 Å². The van der Waals surface area contributed by atoms with E-state index >= 15 is 0 Å². The zero-order valence-electron chi connectivity index (χ0n) is 18.5. The number of aromatic amines is 1. The number of nitrogens with one attached hydrogen (secondary N) is 2. The van der Waals surface area contributed by atoms with Crippen LogP contribution in [-0.2, 0) is 28.9 Å². The van der Waals surface area contributed by atoms with Crippen molar-refractivity contribution in [3.8, 4) is 11.1 Å². The van der Waals surface area contributed by atoms with E-state index in [2.05, 4.69) is 16.9 Å². The summed E-state index contributed by atoms with van der Waals surface area (Å²) in [7, 11) is 0. The number of H-pyrrole nitrogens is 1. The van der Waals surface area contributed by atoms with Crippen LogP contribution in [0.1, 0.15) is 37.1 Å². The summed E-state index contributed by atoms with van der Waals surface area (Å²) in [5, 5.41) is 14.5. The highest BCUT2D eigenvalue weighted by molar-refractivity contribution is 6.03. The van der Waals surface area contributed by atoms with Crippen molar-refractivity contribution < 1.29 is 14.7 Å². The van der Waals surface area contributed by atoms with Crippen LogP contribution in [0, 0.1) is 5.92 Å². The quantitative estimate of drug-likeness (QED) is 0.445. The van der Waals surface area contributed by atoms with E-state index in [4.69, 9.17) is 5.73 Å². The van der Waals surface area contributed by atoms with Gasteiger partial charge in [0.2, 0.25) is 11.8 Å². The number of hydrogen-bond donors (Lipinski definition) is 4. The van der Waals surface area contributed by atoms with Gasteiger partial charge in [-0.1, -0.05) is 30.8 Å². The lowest BCUT2D eigenvalue weighted by Gasteiger charge is -2.32. The van der Waals surface area contributed by atoms with Gasteiger partial charge in [-0.3, -0.25) is 9.59 Å². The van der Waals surface area contributed by atoms with Crippen molar-refractivity contribution >= 4 is 28.4 Å². The second kappa shape index (κ2) is 8.28. The minimum Gasteiger partial charge on any atom is -0.390 e. The second-order valence-corrected chi connectivity index (χ2v) is 9.12. The number of primary amides is 1. The Bertz CT molecular complexity index is 1220. The van der Waals surface area contributed by atoms with Crippen molar-refractivity contribution in [1.29, 1.82) is 0 Å². The van der Waals surface area contributed by atoms with Crippen LogP contribution in [0.2, 0.25) is 0 Å². The molecule has 3 aromatic rings. The fraction of sp³-hybridized carbons (Fsp3) is 0.308. The van der Waals surface area contributed by atoms with Crippen molar-refractivity contribution in [2.45, 2.75) is 45.1 Å². The van der Waals surface area contributed by atoms with E-state index in [1.54, 1.807) is 0 Å². The van der Waals surface area contributed by atoms with E-state index in [-0.39, 0.29) is 24.2 Å². The molecular formula is C26H29N3O3. The molecule has 1 aromatic heterocycles. The van der Waals surface area contributed by atoms with Crippen LogP contribution >= 0.6 is 0 Å². The van der Waals surface area contributed by atoms with Crippen molar-refractivity contribution in [1.82, 2.24) is 4.98 Å². The Labute approximate surface area is 187 Å². The molecule has 32 heavy (non-hydrogen) atoms. The molecule has 166 valence electrons. The molecule has 0 saturated heterocycles. The van der Waals surface area contributed by atoms with E-state index < -0.39 is 5.60 Å². The number of fused-ring (bicyclic) bond motifs is 3. The molecule has 1 aliphatic carbocycles. The molecule has 1 unspecified atom stereocenters. The largest absolute Gasteiger partial charge is 0.390 e. The highest BCUT2D eigenvalue weighted by atomic mass is 16.3. The molecule has 2 aromatic carbocycles. The first-order valence-corrected chi connectivity index (χ1v) is 10.9. The molecule has 0 fully saturated rings. The topological polar surface area (TPSA) is 108 Å². The van der Waals surface area contributed by atoms with Crippen molar-refractivity contribution in [2.24, 2.45) is 11.7 Å². The maximum Gasteiger partial charge on any atom is 0.247 e. The molecule has 5 N–H and O–H groups in total. The molecular weight excluding hydrogens is 402 g/mol. The average Bonchev–Trinajstić information content (AvgIpc) is 3.12. The number of carbonyl (C=O) groups is 2. The summed E-state index contributed by atoms with van der Waals surface area (Å²) in [6, 6.07) is 11.6. The molecule has 0 bridgehead atoms. The predicted molar refractivity (Wildman–Crippen MR) is 127 cm³/mol. The molecule has 6 nitrogen and oxygen atoms in total. The highest BCUT2D eigenvalue weighted by Gasteiger charge is 2.33. The molecule has 2 amide bonds. The third-order valence-corrected chi connectivity index (χ3v) is 6.42. The third-order valence-electron chi connectivity index (χ3n) is 6.42. The van der Waals surface area contributed by atoms with Gasteiger partial charge in [0, 0.05) is 16.8 Å². The summed E-state index contributed by atoms with van der Waals surface area (Å²) in [6.07, 6.45) is 3.87. The molecule has 1 aliphatic rings. The summed E-state index contributed by atoms with van der Waals surface area (Å²) in [5.74, 6) is -0.487. The first kappa shape index (κ1) is 21.8. The zero-order valence-corrected chi connectivity index (χ0v) is 18.5. The van der Waals surface area contributed by atoms with Crippen LogP contribution in [0.5, 0.6) is 0 Å². The Morgan fingerprint density at radius 3 is 2.78 bits per heavy atom. The monoisotopic (exact) mass is 431 g/mol. The fourth-order valence-electron chi connectivity index (χ4n) is 4.73. The van der Waals surface area contributed by atoms with Gasteiger partial charge < -0.3 is 21.1 Å². The number of carbonyl (C=O) groups excluding carboxylic acids is 2. The Balaban J connectivity index is 1.87. The van der Waals surface area contributed by atoms with Crippen LogP contribution < -0.4 is 11.1 Å². The van der Waals surface area contributed by atoms with Crippen LogP contribution in [0.4, 0.5) is 5.69 Å². The number of rotatable bonds is 6. The smallest absolute Gasteiger partial charge is 0.247 e. The molecule has 1 atom stereocenters. The van der Waals surface area contributed by atoms with E-state index in [9.17, 15) is 14.7 Å². The Morgan fingerprint density at radius 2 is 2.09 bits per heavy atom. The summed E-state index contributed by atoms with van der Waals surface area (Å²) in [4.78, 5) is 27.0. The first-order valence-electron chi connectivity index (χ1n) is 10.9. The molecule has 1 heterocycles. The van der Waals surface area contributed by atoms with Crippen LogP contribution in [0.25, 0.3) is 22.0 Å². The van der Waals surface area contributed by atoms with Gasteiger partial charge in [0.05, 0.1) is 17.5 Å². The molecule has 4 rings (SSSR count). The zero-order chi connectivity index (χ0) is 23.0. The third kappa shape index (κ3) is 4.18. The van der Waals surface area contributed by atoms with E-state index in [1.165, 1.54) is 11.6 Å². The maximum atomic E-state index is 11.8. The van der Waals surface area contributed by atoms with Gasteiger partial charge in [-0.15, -0.1) is 0 Å². The van der Waals surface area contributed by atoms with Gasteiger partial charge in [-0.05, 0) is 79.5 Å². The summed E-state index contributed by atoms with van der Waals surface area (Å²) >= 11 is 0. The lowest BCUT2D eigenvalue weighted by Crippen LogP contribution is -2.34. The normalized spacial score (nSPS) is 15.9. The number of amides is 2. The standard InChI is InChI=1S/C26H29N3O3/c1-4-23(31)28-18-7-5-6-15(12-18)19-10-8-16(13-22(27)30)25-24(19)20-11-9-17(26(2,3)32)14-21(20)29-25/h4-8,10,12,17,29,32H,1,9,11,13-14H2,2-3H3,(H2,27,30)(H,28,31). The molecule has 0 saturated carbocycles. The minimum absolute atomic E-state index is 0.153. The Morgan fingerprint density at radius 1 is 1.31 bits per heavy atom. The second-order valence-electron chi connectivity index (χ2n) is 9.12. The fourth-order valence-corrected chi connectivity index (χ4v) is 4.73. The summed E-state index contributed by atoms with van der Waals surface area (Å²) in [5.41, 5.74) is 11.5. The predicted octanol–water partition coefficient (Wildman–Crippen LogP) is 3.86. The maximum absolute atomic E-state index is 11.8. The number of aryl methyl sites for hydroxylation is 1. The molecule has 0 spiro atoms. The number of anilines is 1. The number of benzene rings is 2. The van der Waals surface area contributed by atoms with Crippen molar-refractivity contribution in [3.63, 3.8) is 0 Å². The summed E-state index contributed by atoms with van der Waals surface area (Å²) < 4.78 is 0. The molecule has 6 heteroatoms. The van der Waals surface area contributed by atoms with Gasteiger partial charge in [-0.25, -0.2) is 0 Å². The van der Waals surface area contributed by atoms with Gasteiger partial charge in [-0.2, -0.15) is 0 Å². The lowest BCUT2D eigenvalue weighted by atomic mass is 9.77.